The molecule has 2 nitrogen and oxygen atoms in total. The number of cyclic esters (lactones) is 1. The maximum absolute atomic E-state index is 10.5. The van der Waals surface area contributed by atoms with Crippen LogP contribution in [0.4, 0.5) is 0 Å². The Kier molecular flexibility index (Phi) is 1.56. The third-order valence-corrected chi connectivity index (χ3v) is 1.58. The van der Waals surface area contributed by atoms with Crippen LogP contribution in [0.25, 0.3) is 0 Å². The van der Waals surface area contributed by atoms with Gasteiger partial charge in [0.05, 0.1) is 0 Å². The second kappa shape index (κ2) is 2.21. The molecule has 1 heterocycles. The maximum Gasteiger partial charge on any atom is 0.330 e. The van der Waals surface area contributed by atoms with Gasteiger partial charge in [0.25, 0.3) is 0 Å². The van der Waals surface area contributed by atoms with Crippen LogP contribution in [-0.4, -0.2) is 12.1 Å². The summed E-state index contributed by atoms with van der Waals surface area (Å²) in [5.74, 6) is 0.142. The summed E-state index contributed by atoms with van der Waals surface area (Å²) in [6.07, 6.45) is 3.39. The second-order valence-corrected chi connectivity index (χ2v) is 2.36. The predicted molar refractivity (Wildman–Crippen MR) is 33.9 cm³/mol. The zero-order valence-corrected chi connectivity index (χ0v) is 5.63. The summed E-state index contributed by atoms with van der Waals surface area (Å²) in [6.45, 7) is 3.92. The van der Waals surface area contributed by atoms with Crippen LogP contribution in [0.3, 0.4) is 0 Å². The maximum atomic E-state index is 10.5. The third kappa shape index (κ3) is 1.31. The summed E-state index contributed by atoms with van der Waals surface area (Å²) in [7, 11) is 0. The molecule has 50 valence electrons. The lowest BCUT2D eigenvalue weighted by Gasteiger charge is -2.19. The van der Waals surface area contributed by atoms with Gasteiger partial charge in [0.1, 0.15) is 6.10 Å². The van der Waals surface area contributed by atoms with Crippen LogP contribution < -0.4 is 0 Å². The summed E-state index contributed by atoms with van der Waals surface area (Å²) < 4.78 is 4.87. The van der Waals surface area contributed by atoms with Gasteiger partial charge in [-0.25, -0.2) is 4.79 Å². The molecule has 1 rings (SSSR count). The zero-order chi connectivity index (χ0) is 6.85. The number of carbonyl (C=O) groups excluding carboxylic acids is 1. The fourth-order valence-corrected chi connectivity index (χ4v) is 0.717. The van der Waals surface area contributed by atoms with E-state index in [2.05, 4.69) is 0 Å². The van der Waals surface area contributed by atoms with E-state index < -0.39 is 0 Å². The van der Waals surface area contributed by atoms with Crippen molar-refractivity contribution in [3.05, 3.63) is 12.2 Å². The number of carbonyl (C=O) groups is 1. The van der Waals surface area contributed by atoms with E-state index >= 15 is 0 Å². The van der Waals surface area contributed by atoms with Crippen LogP contribution in [0, 0.1) is 5.92 Å². The lowest BCUT2D eigenvalue weighted by Crippen LogP contribution is -2.23. The first-order valence-corrected chi connectivity index (χ1v) is 3.09. The van der Waals surface area contributed by atoms with Crippen LogP contribution >= 0.6 is 0 Å². The Labute approximate surface area is 54.5 Å². The largest absolute Gasteiger partial charge is 0.459 e. The highest BCUT2D eigenvalue weighted by atomic mass is 16.5. The highest BCUT2D eigenvalue weighted by Crippen LogP contribution is 2.13. The van der Waals surface area contributed by atoms with Crippen LogP contribution in [0.2, 0.25) is 0 Å². The molecule has 0 N–H and O–H groups in total. The SMILES string of the molecule is C[C@@H]1C=CC(=O)O[C@H]1C. The number of rotatable bonds is 0. The fourth-order valence-electron chi connectivity index (χ4n) is 0.717. The van der Waals surface area contributed by atoms with Crippen molar-refractivity contribution >= 4 is 5.97 Å². The Morgan fingerprint density at radius 1 is 1.56 bits per heavy atom. The molecule has 0 aliphatic carbocycles. The minimum Gasteiger partial charge on any atom is -0.459 e. The van der Waals surface area contributed by atoms with Crippen molar-refractivity contribution in [3.63, 3.8) is 0 Å². The molecule has 0 aromatic carbocycles. The Morgan fingerprint density at radius 3 is 2.67 bits per heavy atom. The van der Waals surface area contributed by atoms with Gasteiger partial charge in [-0.05, 0) is 6.92 Å². The molecule has 1 aliphatic rings. The molecule has 0 amide bonds. The van der Waals surface area contributed by atoms with E-state index in [1.54, 1.807) is 0 Å². The van der Waals surface area contributed by atoms with Gasteiger partial charge >= 0.3 is 5.97 Å². The van der Waals surface area contributed by atoms with E-state index in [0.717, 1.165) is 0 Å². The minimum absolute atomic E-state index is 0.0440. The molecule has 0 saturated heterocycles. The molecule has 1 aliphatic heterocycles. The van der Waals surface area contributed by atoms with E-state index in [1.807, 2.05) is 19.9 Å². The van der Waals surface area contributed by atoms with Gasteiger partial charge in [0, 0.05) is 12.0 Å². The van der Waals surface area contributed by atoms with Gasteiger partial charge in [-0.3, -0.25) is 0 Å². The van der Waals surface area contributed by atoms with Gasteiger partial charge < -0.3 is 4.74 Å². The average molecular weight is 126 g/mol. The molecular weight excluding hydrogens is 116 g/mol. The molecule has 0 saturated carbocycles. The average Bonchev–Trinajstić information content (AvgIpc) is 1.80. The smallest absolute Gasteiger partial charge is 0.330 e. The van der Waals surface area contributed by atoms with Crippen molar-refractivity contribution in [1.29, 1.82) is 0 Å². The topological polar surface area (TPSA) is 26.3 Å². The molecule has 2 atom stereocenters. The normalized spacial score (nSPS) is 34.2. The molecule has 0 bridgehead atoms. The van der Waals surface area contributed by atoms with Crippen molar-refractivity contribution in [2.75, 3.05) is 0 Å². The highest BCUT2D eigenvalue weighted by Gasteiger charge is 2.17. The summed E-state index contributed by atoms with van der Waals surface area (Å²) in [5.41, 5.74) is 0. The Hall–Kier alpha value is -0.790. The Bertz CT molecular complexity index is 149. The molecule has 0 fully saturated rings. The molecular formula is C7H10O2. The van der Waals surface area contributed by atoms with Gasteiger partial charge in [0.2, 0.25) is 0 Å². The Morgan fingerprint density at radius 2 is 2.22 bits per heavy atom. The molecule has 0 radical (unpaired) electrons. The highest BCUT2D eigenvalue weighted by molar-refractivity contribution is 5.82. The van der Waals surface area contributed by atoms with E-state index in [4.69, 9.17) is 4.74 Å². The van der Waals surface area contributed by atoms with E-state index in [9.17, 15) is 4.79 Å². The third-order valence-electron chi connectivity index (χ3n) is 1.58. The van der Waals surface area contributed by atoms with Crippen LogP contribution in [0.15, 0.2) is 12.2 Å². The first kappa shape index (κ1) is 6.33. The quantitative estimate of drug-likeness (QED) is 0.455. The second-order valence-electron chi connectivity index (χ2n) is 2.36. The fraction of sp³-hybridized carbons (Fsp3) is 0.571. The van der Waals surface area contributed by atoms with E-state index in [-0.39, 0.29) is 12.1 Å². The molecule has 2 heteroatoms. The van der Waals surface area contributed by atoms with Crippen LogP contribution in [0.5, 0.6) is 0 Å². The van der Waals surface area contributed by atoms with Crippen molar-refractivity contribution in [3.8, 4) is 0 Å². The molecule has 0 aromatic heterocycles. The van der Waals surface area contributed by atoms with Crippen molar-refractivity contribution in [2.24, 2.45) is 5.92 Å². The number of hydrogen-bond acceptors (Lipinski definition) is 2. The van der Waals surface area contributed by atoms with Crippen molar-refractivity contribution < 1.29 is 9.53 Å². The van der Waals surface area contributed by atoms with Gasteiger partial charge in [-0.15, -0.1) is 0 Å². The summed E-state index contributed by atoms with van der Waals surface area (Å²) in [5, 5.41) is 0. The standard InChI is InChI=1S/C7H10O2/c1-5-3-4-7(8)9-6(5)2/h3-6H,1-2H3/t5-,6+/m1/s1. The van der Waals surface area contributed by atoms with Gasteiger partial charge in [-0.2, -0.15) is 0 Å². The number of ether oxygens (including phenoxy) is 1. The van der Waals surface area contributed by atoms with E-state index in [1.165, 1.54) is 6.08 Å². The lowest BCUT2D eigenvalue weighted by atomic mass is 10.0. The zero-order valence-electron chi connectivity index (χ0n) is 5.63. The summed E-state index contributed by atoms with van der Waals surface area (Å²) in [4.78, 5) is 10.5. The van der Waals surface area contributed by atoms with Crippen molar-refractivity contribution in [2.45, 2.75) is 20.0 Å². The van der Waals surface area contributed by atoms with Crippen LogP contribution in [0.1, 0.15) is 13.8 Å². The molecule has 0 aromatic rings. The van der Waals surface area contributed by atoms with Crippen molar-refractivity contribution in [1.82, 2.24) is 0 Å². The first-order chi connectivity index (χ1) is 4.20. The molecule has 9 heavy (non-hydrogen) atoms. The summed E-state index contributed by atoms with van der Waals surface area (Å²) >= 11 is 0. The number of esters is 1. The van der Waals surface area contributed by atoms with Gasteiger partial charge in [-0.1, -0.05) is 13.0 Å². The minimum atomic E-state index is -0.222. The summed E-state index contributed by atoms with van der Waals surface area (Å²) in [6, 6.07) is 0. The Balaban J connectivity index is 2.65. The van der Waals surface area contributed by atoms with Gasteiger partial charge in [0.15, 0.2) is 0 Å². The monoisotopic (exact) mass is 126 g/mol. The first-order valence-electron chi connectivity index (χ1n) is 3.09. The van der Waals surface area contributed by atoms with Crippen LogP contribution in [-0.2, 0) is 9.53 Å². The molecule has 0 spiro atoms. The lowest BCUT2D eigenvalue weighted by molar-refractivity contribution is -0.145. The number of hydrogen-bond donors (Lipinski definition) is 0. The predicted octanol–water partition coefficient (Wildman–Crippen LogP) is 1.12. The molecule has 0 unspecified atom stereocenters. The van der Waals surface area contributed by atoms with E-state index in [0.29, 0.717) is 5.92 Å².